The predicted octanol–water partition coefficient (Wildman–Crippen LogP) is 2.72. The van der Waals surface area contributed by atoms with E-state index in [1.807, 2.05) is 19.1 Å². The lowest BCUT2D eigenvalue weighted by Crippen LogP contribution is -2.17. The topological polar surface area (TPSA) is 61.3 Å². The van der Waals surface area contributed by atoms with Gasteiger partial charge in [0.15, 0.2) is 6.10 Å². The Morgan fingerprint density at radius 2 is 2.29 bits per heavy atom. The van der Waals surface area contributed by atoms with Gasteiger partial charge < -0.3 is 14.9 Å². The molecule has 17 heavy (non-hydrogen) atoms. The molecule has 0 amide bonds. The number of hydrogen-bond acceptors (Lipinski definition) is 4. The van der Waals surface area contributed by atoms with E-state index in [-0.39, 0.29) is 6.10 Å². The lowest BCUT2D eigenvalue weighted by Gasteiger charge is -2.14. The summed E-state index contributed by atoms with van der Waals surface area (Å²) in [7, 11) is 0. The van der Waals surface area contributed by atoms with Crippen molar-refractivity contribution in [2.45, 2.75) is 13.0 Å². The lowest BCUT2D eigenvalue weighted by atomic mass is 10.2. The maximum Gasteiger partial charge on any atom is 0.168 e. The maximum atomic E-state index is 5.82. The highest BCUT2D eigenvalue weighted by molar-refractivity contribution is 6.30. The van der Waals surface area contributed by atoms with Gasteiger partial charge in [0.1, 0.15) is 17.3 Å². The van der Waals surface area contributed by atoms with Crippen molar-refractivity contribution in [3.8, 4) is 5.75 Å². The number of aryl methyl sites for hydroxylation is 1. The van der Waals surface area contributed by atoms with Crippen LogP contribution in [0.25, 0.3) is 0 Å². The van der Waals surface area contributed by atoms with Crippen LogP contribution in [0.15, 0.2) is 35.0 Å². The Hall–Kier alpha value is -1.52. The number of nitrogens with zero attached hydrogens (tertiary/aromatic N) is 1. The molecule has 2 aromatic heterocycles. The Morgan fingerprint density at radius 1 is 1.47 bits per heavy atom. The molecule has 2 N–H and O–H groups in total. The molecule has 2 rings (SSSR count). The van der Waals surface area contributed by atoms with E-state index < -0.39 is 0 Å². The van der Waals surface area contributed by atoms with Crippen LogP contribution >= 0.6 is 11.6 Å². The van der Waals surface area contributed by atoms with Crippen molar-refractivity contribution in [1.29, 1.82) is 0 Å². The monoisotopic (exact) mass is 252 g/mol. The van der Waals surface area contributed by atoms with E-state index >= 15 is 0 Å². The summed E-state index contributed by atoms with van der Waals surface area (Å²) in [6, 6.07) is 5.41. The minimum absolute atomic E-state index is 0.319. The summed E-state index contributed by atoms with van der Waals surface area (Å²) in [5, 5.41) is 0.522. The second-order valence-corrected chi connectivity index (χ2v) is 4.07. The fourth-order valence-electron chi connectivity index (χ4n) is 1.47. The van der Waals surface area contributed by atoms with Crippen LogP contribution in [0, 0.1) is 6.92 Å². The summed E-state index contributed by atoms with van der Waals surface area (Å²) in [5.41, 5.74) is 5.66. The van der Waals surface area contributed by atoms with Gasteiger partial charge in [-0.05, 0) is 19.1 Å². The van der Waals surface area contributed by atoms with E-state index in [0.717, 1.165) is 5.76 Å². The van der Waals surface area contributed by atoms with Crippen molar-refractivity contribution in [3.05, 3.63) is 47.1 Å². The molecule has 2 aromatic rings. The number of rotatable bonds is 4. The molecule has 1 unspecified atom stereocenters. The second kappa shape index (κ2) is 5.21. The van der Waals surface area contributed by atoms with Crippen LogP contribution < -0.4 is 10.5 Å². The second-order valence-electron chi connectivity index (χ2n) is 3.63. The normalized spacial score (nSPS) is 12.4. The number of halogens is 1. The summed E-state index contributed by atoms with van der Waals surface area (Å²) >= 11 is 5.82. The average molecular weight is 253 g/mol. The Morgan fingerprint density at radius 3 is 2.88 bits per heavy atom. The van der Waals surface area contributed by atoms with Gasteiger partial charge in [0.2, 0.25) is 0 Å². The van der Waals surface area contributed by atoms with Gasteiger partial charge in [-0.25, -0.2) is 0 Å². The summed E-state index contributed by atoms with van der Waals surface area (Å²) in [6.45, 7) is 2.19. The van der Waals surface area contributed by atoms with Crippen LogP contribution in [0.2, 0.25) is 5.02 Å². The fraction of sp³-hybridized carbons (Fsp3) is 0.250. The summed E-state index contributed by atoms with van der Waals surface area (Å²) < 4.78 is 11.2. The van der Waals surface area contributed by atoms with Crippen molar-refractivity contribution in [2.75, 3.05) is 6.54 Å². The lowest BCUT2D eigenvalue weighted by molar-refractivity contribution is 0.182. The largest absolute Gasteiger partial charge is 0.479 e. The van der Waals surface area contributed by atoms with E-state index in [9.17, 15) is 0 Å². The minimum Gasteiger partial charge on any atom is -0.479 e. The SMILES string of the molecule is Cc1ccc(C(CN)Oc2cncc(Cl)c2)o1. The quantitative estimate of drug-likeness (QED) is 0.909. The molecule has 0 aliphatic heterocycles. The zero-order chi connectivity index (χ0) is 12.3. The van der Waals surface area contributed by atoms with E-state index in [1.54, 1.807) is 18.5 Å². The van der Waals surface area contributed by atoms with Crippen LogP contribution in [-0.4, -0.2) is 11.5 Å². The summed E-state index contributed by atoms with van der Waals surface area (Å²) in [6.07, 6.45) is 2.80. The summed E-state index contributed by atoms with van der Waals surface area (Å²) in [5.74, 6) is 2.10. The van der Waals surface area contributed by atoms with Crippen molar-refractivity contribution in [2.24, 2.45) is 5.73 Å². The first-order chi connectivity index (χ1) is 8.19. The first-order valence-electron chi connectivity index (χ1n) is 5.22. The number of pyridine rings is 1. The van der Waals surface area contributed by atoms with Crippen molar-refractivity contribution in [1.82, 2.24) is 4.98 Å². The molecule has 0 spiro atoms. The Kier molecular flexibility index (Phi) is 3.66. The molecule has 0 aromatic carbocycles. The van der Waals surface area contributed by atoms with Crippen molar-refractivity contribution < 1.29 is 9.15 Å². The van der Waals surface area contributed by atoms with Crippen LogP contribution in [0.1, 0.15) is 17.6 Å². The van der Waals surface area contributed by atoms with Crippen molar-refractivity contribution >= 4 is 11.6 Å². The van der Waals surface area contributed by atoms with Crippen LogP contribution in [0.3, 0.4) is 0 Å². The maximum absolute atomic E-state index is 5.82. The van der Waals surface area contributed by atoms with Gasteiger partial charge in [0, 0.05) is 18.8 Å². The number of furan rings is 1. The molecule has 0 aliphatic carbocycles. The van der Waals surface area contributed by atoms with Gasteiger partial charge in [-0.2, -0.15) is 0 Å². The molecule has 0 saturated heterocycles. The Labute approximate surface area is 104 Å². The molecule has 0 radical (unpaired) electrons. The molecule has 0 fully saturated rings. The minimum atomic E-state index is -0.330. The van der Waals surface area contributed by atoms with E-state index in [4.69, 9.17) is 26.5 Å². The molecule has 4 nitrogen and oxygen atoms in total. The molecule has 5 heteroatoms. The molecular formula is C12H13ClN2O2. The molecule has 90 valence electrons. The van der Waals surface area contributed by atoms with Crippen LogP contribution in [0.4, 0.5) is 0 Å². The molecular weight excluding hydrogens is 240 g/mol. The molecule has 2 heterocycles. The first-order valence-corrected chi connectivity index (χ1v) is 5.60. The number of nitrogens with two attached hydrogens (primary N) is 1. The van der Waals surface area contributed by atoms with Gasteiger partial charge in [-0.1, -0.05) is 11.6 Å². The van der Waals surface area contributed by atoms with E-state index in [0.29, 0.717) is 23.1 Å². The van der Waals surface area contributed by atoms with E-state index in [1.165, 1.54) is 0 Å². The molecule has 0 saturated carbocycles. The molecule has 1 atom stereocenters. The first kappa shape index (κ1) is 12.0. The van der Waals surface area contributed by atoms with Crippen LogP contribution in [0.5, 0.6) is 5.75 Å². The smallest absolute Gasteiger partial charge is 0.168 e. The third-order valence-corrected chi connectivity index (χ3v) is 2.46. The average Bonchev–Trinajstić information content (AvgIpc) is 2.73. The molecule has 0 aliphatic rings. The zero-order valence-corrected chi connectivity index (χ0v) is 10.1. The fourth-order valence-corrected chi connectivity index (χ4v) is 1.63. The zero-order valence-electron chi connectivity index (χ0n) is 9.39. The number of ether oxygens (including phenoxy) is 1. The highest BCUT2D eigenvalue weighted by Gasteiger charge is 2.15. The van der Waals surface area contributed by atoms with Gasteiger partial charge >= 0.3 is 0 Å². The standard InChI is InChI=1S/C12H13ClN2O2/c1-8-2-3-11(16-8)12(5-14)17-10-4-9(13)6-15-7-10/h2-4,6-7,12H,5,14H2,1H3. The summed E-state index contributed by atoms with van der Waals surface area (Å²) in [4.78, 5) is 3.94. The Bertz CT molecular complexity index is 499. The highest BCUT2D eigenvalue weighted by Crippen LogP contribution is 2.24. The third kappa shape index (κ3) is 2.99. The molecule has 0 bridgehead atoms. The van der Waals surface area contributed by atoms with Gasteiger partial charge in [-0.3, -0.25) is 4.98 Å². The number of aromatic nitrogens is 1. The highest BCUT2D eigenvalue weighted by atomic mass is 35.5. The third-order valence-electron chi connectivity index (χ3n) is 2.25. The van der Waals surface area contributed by atoms with Crippen molar-refractivity contribution in [3.63, 3.8) is 0 Å². The van der Waals surface area contributed by atoms with E-state index in [2.05, 4.69) is 4.98 Å². The Balaban J connectivity index is 2.15. The number of hydrogen-bond donors (Lipinski definition) is 1. The predicted molar refractivity (Wildman–Crippen MR) is 65.1 cm³/mol. The van der Waals surface area contributed by atoms with Gasteiger partial charge in [0.25, 0.3) is 0 Å². The van der Waals surface area contributed by atoms with Gasteiger partial charge in [0.05, 0.1) is 11.2 Å². The van der Waals surface area contributed by atoms with Crippen LogP contribution in [-0.2, 0) is 0 Å². The van der Waals surface area contributed by atoms with Gasteiger partial charge in [-0.15, -0.1) is 0 Å².